The molecule has 164 valence electrons. The summed E-state index contributed by atoms with van der Waals surface area (Å²) in [6.07, 6.45) is 0. The first kappa shape index (κ1) is 21.3. The largest absolute Gasteiger partial charge is 0.495 e. The van der Waals surface area contributed by atoms with Crippen molar-refractivity contribution >= 4 is 56.3 Å². The first-order valence-electron chi connectivity index (χ1n) is 10.4. The smallest absolute Gasteiger partial charge is 0.225 e. The minimum atomic E-state index is 0.281. The van der Waals surface area contributed by atoms with E-state index in [0.717, 1.165) is 69.8 Å². The zero-order chi connectivity index (χ0) is 22.2. The normalized spacial score (nSPS) is 14.2. The van der Waals surface area contributed by atoms with E-state index in [9.17, 15) is 0 Å². The molecule has 2 aromatic carbocycles. The number of piperazine rings is 1. The molecule has 0 spiro atoms. The third kappa shape index (κ3) is 3.87. The standard InChI is InChI=1S/C24H22Cl2N4OS/c1-15-20(16-7-9-17(25)10-8-16)21-22(27-24(26)28-23(21)32-15)30-13-11-29(12-14-30)18-5-3-4-6-19(18)31-2/h3-10H,11-14H2,1-2H3. The molecule has 3 heterocycles. The molecule has 5 rings (SSSR count). The molecule has 4 aromatic rings. The van der Waals surface area contributed by atoms with Crippen molar-refractivity contribution in [2.75, 3.05) is 43.1 Å². The fourth-order valence-corrected chi connectivity index (χ4v) is 5.69. The predicted molar refractivity (Wildman–Crippen MR) is 135 cm³/mol. The summed E-state index contributed by atoms with van der Waals surface area (Å²) in [5, 5.41) is 2.06. The number of rotatable bonds is 4. The van der Waals surface area contributed by atoms with Crippen molar-refractivity contribution in [3.63, 3.8) is 0 Å². The van der Waals surface area contributed by atoms with Crippen LogP contribution in [0.2, 0.25) is 10.3 Å². The Bertz CT molecular complexity index is 1270. The maximum atomic E-state index is 6.35. The van der Waals surface area contributed by atoms with Crippen molar-refractivity contribution in [1.82, 2.24) is 9.97 Å². The highest BCUT2D eigenvalue weighted by Gasteiger charge is 2.25. The zero-order valence-corrected chi connectivity index (χ0v) is 20.1. The van der Waals surface area contributed by atoms with E-state index in [0.29, 0.717) is 0 Å². The second kappa shape index (κ2) is 8.77. The molecule has 1 saturated heterocycles. The molecule has 0 radical (unpaired) electrons. The summed E-state index contributed by atoms with van der Waals surface area (Å²) >= 11 is 14.1. The van der Waals surface area contributed by atoms with Crippen molar-refractivity contribution in [2.24, 2.45) is 0 Å². The Labute approximate surface area is 201 Å². The lowest BCUT2D eigenvalue weighted by atomic mass is 10.0. The summed E-state index contributed by atoms with van der Waals surface area (Å²) in [4.78, 5) is 16.0. The van der Waals surface area contributed by atoms with Crippen LogP contribution in [0, 0.1) is 6.92 Å². The highest BCUT2D eigenvalue weighted by molar-refractivity contribution is 7.19. The number of anilines is 2. The van der Waals surface area contributed by atoms with Crippen LogP contribution < -0.4 is 14.5 Å². The Kier molecular flexibility index (Phi) is 5.84. The third-order valence-corrected chi connectivity index (χ3v) is 7.24. The highest BCUT2D eigenvalue weighted by Crippen LogP contribution is 2.43. The lowest BCUT2D eigenvalue weighted by molar-refractivity contribution is 0.413. The molecule has 0 saturated carbocycles. The summed E-state index contributed by atoms with van der Waals surface area (Å²) in [6, 6.07) is 16.1. The van der Waals surface area contributed by atoms with E-state index in [1.54, 1.807) is 18.4 Å². The molecule has 0 unspecified atom stereocenters. The first-order chi connectivity index (χ1) is 15.5. The summed E-state index contributed by atoms with van der Waals surface area (Å²) < 4.78 is 5.56. The van der Waals surface area contributed by atoms with Crippen molar-refractivity contribution in [3.05, 3.63) is 63.7 Å². The van der Waals surface area contributed by atoms with Gasteiger partial charge in [-0.25, -0.2) is 4.98 Å². The van der Waals surface area contributed by atoms with Crippen LogP contribution in [0.3, 0.4) is 0 Å². The number of hydrogen-bond donors (Lipinski definition) is 0. The minimum Gasteiger partial charge on any atom is -0.495 e. The van der Waals surface area contributed by atoms with E-state index in [4.69, 9.17) is 32.9 Å². The van der Waals surface area contributed by atoms with E-state index >= 15 is 0 Å². The van der Waals surface area contributed by atoms with Gasteiger partial charge in [0.15, 0.2) is 0 Å². The molecular formula is C24H22Cl2N4OS. The SMILES string of the molecule is COc1ccccc1N1CCN(c2nc(Cl)nc3sc(C)c(-c4ccc(Cl)cc4)c23)CC1. The molecule has 0 amide bonds. The van der Waals surface area contributed by atoms with Crippen molar-refractivity contribution in [2.45, 2.75) is 6.92 Å². The van der Waals surface area contributed by atoms with Gasteiger partial charge in [-0.1, -0.05) is 35.9 Å². The molecule has 0 N–H and O–H groups in total. The van der Waals surface area contributed by atoms with Gasteiger partial charge in [0.05, 0.1) is 18.2 Å². The Morgan fingerprint density at radius 2 is 1.59 bits per heavy atom. The van der Waals surface area contributed by atoms with E-state index < -0.39 is 0 Å². The number of halogens is 2. The number of thiophene rings is 1. The Morgan fingerprint density at radius 1 is 0.906 bits per heavy atom. The molecule has 1 fully saturated rings. The summed E-state index contributed by atoms with van der Waals surface area (Å²) in [6.45, 7) is 5.50. The number of para-hydroxylation sites is 2. The maximum absolute atomic E-state index is 6.35. The lowest BCUT2D eigenvalue weighted by Crippen LogP contribution is -2.47. The Morgan fingerprint density at radius 3 is 2.31 bits per heavy atom. The average Bonchev–Trinajstić information content (AvgIpc) is 3.14. The predicted octanol–water partition coefficient (Wildman–Crippen LogP) is 6.31. The maximum Gasteiger partial charge on any atom is 0.225 e. The van der Waals surface area contributed by atoms with Crippen molar-refractivity contribution in [3.8, 4) is 16.9 Å². The van der Waals surface area contributed by atoms with Crippen molar-refractivity contribution in [1.29, 1.82) is 0 Å². The second-order valence-corrected chi connectivity index (χ2v) is 9.66. The summed E-state index contributed by atoms with van der Waals surface area (Å²) in [5.74, 6) is 1.79. The number of aryl methyl sites for hydroxylation is 1. The number of hydrogen-bond acceptors (Lipinski definition) is 6. The van der Waals surface area contributed by atoms with Crippen LogP contribution in [0.15, 0.2) is 48.5 Å². The molecule has 32 heavy (non-hydrogen) atoms. The van der Waals surface area contributed by atoms with E-state index in [-0.39, 0.29) is 5.28 Å². The van der Waals surface area contributed by atoms with Crippen LogP contribution in [0.25, 0.3) is 21.3 Å². The number of benzene rings is 2. The van der Waals surface area contributed by atoms with Crippen LogP contribution in [0.1, 0.15) is 4.88 Å². The van der Waals surface area contributed by atoms with Crippen molar-refractivity contribution < 1.29 is 4.74 Å². The summed E-state index contributed by atoms with van der Waals surface area (Å²) in [7, 11) is 1.71. The number of nitrogens with zero attached hydrogens (tertiary/aromatic N) is 4. The quantitative estimate of drug-likeness (QED) is 0.317. The third-order valence-electron chi connectivity index (χ3n) is 5.82. The molecule has 5 nitrogen and oxygen atoms in total. The van der Waals surface area contributed by atoms with Gasteiger partial charge in [-0.05, 0) is 48.4 Å². The number of methoxy groups -OCH3 is 1. The van der Waals surface area contributed by atoms with Gasteiger partial charge in [-0.3, -0.25) is 0 Å². The average molecular weight is 485 g/mol. The lowest BCUT2D eigenvalue weighted by Gasteiger charge is -2.37. The van der Waals surface area contributed by atoms with Crippen LogP contribution >= 0.6 is 34.5 Å². The van der Waals surface area contributed by atoms with E-state index in [1.165, 1.54) is 4.88 Å². The van der Waals surface area contributed by atoms with Gasteiger partial charge in [0.25, 0.3) is 0 Å². The number of aromatic nitrogens is 2. The minimum absolute atomic E-state index is 0.281. The second-order valence-electron chi connectivity index (χ2n) is 7.68. The van der Waals surface area contributed by atoms with Crippen LogP contribution in [0.5, 0.6) is 5.75 Å². The van der Waals surface area contributed by atoms with Gasteiger partial charge < -0.3 is 14.5 Å². The van der Waals surface area contributed by atoms with Gasteiger partial charge in [0.1, 0.15) is 16.4 Å². The Balaban J connectivity index is 1.51. The summed E-state index contributed by atoms with van der Waals surface area (Å²) in [5.41, 5.74) is 3.38. The van der Waals surface area contributed by atoms with Gasteiger partial charge in [-0.15, -0.1) is 11.3 Å². The molecule has 0 aliphatic carbocycles. The van der Waals surface area contributed by atoms with Crippen LogP contribution in [-0.2, 0) is 0 Å². The molecule has 1 aliphatic heterocycles. The van der Waals surface area contributed by atoms with E-state index in [2.05, 4.69) is 39.9 Å². The fourth-order valence-electron chi connectivity index (χ4n) is 4.31. The number of fused-ring (bicyclic) bond motifs is 1. The molecule has 2 aromatic heterocycles. The van der Waals surface area contributed by atoms with E-state index in [1.807, 2.05) is 30.3 Å². The molecular weight excluding hydrogens is 463 g/mol. The molecule has 0 atom stereocenters. The highest BCUT2D eigenvalue weighted by atomic mass is 35.5. The Hall–Kier alpha value is -2.54. The van der Waals surface area contributed by atoms with Gasteiger partial charge in [-0.2, -0.15) is 4.98 Å². The topological polar surface area (TPSA) is 41.5 Å². The first-order valence-corrected chi connectivity index (χ1v) is 12.0. The van der Waals surface area contributed by atoms with Gasteiger partial charge >= 0.3 is 0 Å². The van der Waals surface area contributed by atoms with Crippen LogP contribution in [0.4, 0.5) is 11.5 Å². The molecule has 0 bridgehead atoms. The number of ether oxygens (including phenoxy) is 1. The fraction of sp³-hybridized carbons (Fsp3) is 0.250. The molecule has 1 aliphatic rings. The monoisotopic (exact) mass is 484 g/mol. The zero-order valence-electron chi connectivity index (χ0n) is 17.8. The van der Waals surface area contributed by atoms with Gasteiger partial charge in [0.2, 0.25) is 5.28 Å². The van der Waals surface area contributed by atoms with Crippen LogP contribution in [-0.4, -0.2) is 43.3 Å². The van der Waals surface area contributed by atoms with Gasteiger partial charge in [0, 0.05) is 41.6 Å². The molecule has 8 heteroatoms.